The van der Waals surface area contributed by atoms with Gasteiger partial charge < -0.3 is 4.42 Å². The fourth-order valence-electron chi connectivity index (χ4n) is 1.45. The molecule has 0 N–H and O–H groups in total. The van der Waals surface area contributed by atoms with Gasteiger partial charge >= 0.3 is 0 Å². The summed E-state index contributed by atoms with van der Waals surface area (Å²) in [6.07, 6.45) is 0. The number of fused-ring (bicyclic) bond motifs is 1. The summed E-state index contributed by atoms with van der Waals surface area (Å²) in [6.45, 7) is 2.91. The number of halogens is 4. The van der Waals surface area contributed by atoms with Crippen molar-refractivity contribution in [2.24, 2.45) is 0 Å². The van der Waals surface area contributed by atoms with E-state index in [1.807, 2.05) is 0 Å². The summed E-state index contributed by atoms with van der Waals surface area (Å²) < 4.78 is 56.9. The van der Waals surface area contributed by atoms with Crippen LogP contribution in [0.15, 0.2) is 4.42 Å². The highest BCUT2D eigenvalue weighted by atomic mass is 19.2. The van der Waals surface area contributed by atoms with Gasteiger partial charge in [0.1, 0.15) is 5.76 Å². The van der Waals surface area contributed by atoms with Gasteiger partial charge in [-0.05, 0) is 13.8 Å². The molecule has 15 heavy (non-hydrogen) atoms. The van der Waals surface area contributed by atoms with E-state index in [9.17, 15) is 17.6 Å². The molecule has 0 radical (unpaired) electrons. The van der Waals surface area contributed by atoms with Crippen molar-refractivity contribution in [2.45, 2.75) is 13.8 Å². The maximum atomic E-state index is 13.3. The SMILES string of the molecule is Cc1oc2c(F)c(F)c(F)c(F)c2c1C. The molecule has 1 heterocycles. The Morgan fingerprint density at radius 1 is 0.800 bits per heavy atom. The highest BCUT2D eigenvalue weighted by molar-refractivity contribution is 5.83. The Morgan fingerprint density at radius 3 is 1.93 bits per heavy atom. The van der Waals surface area contributed by atoms with E-state index in [2.05, 4.69) is 0 Å². The third-order valence-corrected chi connectivity index (χ3v) is 2.38. The topological polar surface area (TPSA) is 13.1 Å². The Kier molecular flexibility index (Phi) is 1.99. The summed E-state index contributed by atoms with van der Waals surface area (Å²) in [5.74, 6) is -6.36. The lowest BCUT2D eigenvalue weighted by Crippen LogP contribution is -1.96. The number of rotatable bonds is 0. The lowest BCUT2D eigenvalue weighted by Gasteiger charge is -1.99. The van der Waals surface area contributed by atoms with E-state index in [0.29, 0.717) is 0 Å². The van der Waals surface area contributed by atoms with E-state index in [0.717, 1.165) is 0 Å². The van der Waals surface area contributed by atoms with E-state index >= 15 is 0 Å². The fourth-order valence-corrected chi connectivity index (χ4v) is 1.45. The van der Waals surface area contributed by atoms with Crippen molar-refractivity contribution >= 4 is 11.0 Å². The molecule has 0 saturated heterocycles. The van der Waals surface area contributed by atoms with Crippen LogP contribution in [0.4, 0.5) is 17.6 Å². The smallest absolute Gasteiger partial charge is 0.205 e. The van der Waals surface area contributed by atoms with E-state index in [4.69, 9.17) is 4.42 Å². The van der Waals surface area contributed by atoms with Gasteiger partial charge in [-0.2, -0.15) is 4.39 Å². The molecule has 1 nitrogen and oxygen atoms in total. The minimum Gasteiger partial charge on any atom is -0.458 e. The van der Waals surface area contributed by atoms with Crippen LogP contribution in [0.2, 0.25) is 0 Å². The van der Waals surface area contributed by atoms with Gasteiger partial charge in [0.25, 0.3) is 0 Å². The number of aryl methyl sites for hydroxylation is 2. The quantitative estimate of drug-likeness (QED) is 0.374. The largest absolute Gasteiger partial charge is 0.458 e. The van der Waals surface area contributed by atoms with Gasteiger partial charge in [-0.1, -0.05) is 0 Å². The number of hydrogen-bond donors (Lipinski definition) is 0. The van der Waals surface area contributed by atoms with Gasteiger partial charge in [-0.25, -0.2) is 13.2 Å². The zero-order valence-corrected chi connectivity index (χ0v) is 7.92. The number of hydrogen-bond acceptors (Lipinski definition) is 1. The highest BCUT2D eigenvalue weighted by Crippen LogP contribution is 2.32. The molecule has 2 aromatic rings. The zero-order chi connectivity index (χ0) is 11.3. The van der Waals surface area contributed by atoms with Crippen LogP contribution in [-0.2, 0) is 0 Å². The van der Waals surface area contributed by atoms with Gasteiger partial charge in [-0.3, -0.25) is 0 Å². The van der Waals surface area contributed by atoms with E-state index in [1.54, 1.807) is 0 Å². The summed E-state index contributed by atoms with van der Waals surface area (Å²) in [5.41, 5.74) is -0.318. The van der Waals surface area contributed by atoms with Gasteiger partial charge in [0.05, 0.1) is 5.39 Å². The van der Waals surface area contributed by atoms with Crippen LogP contribution >= 0.6 is 0 Å². The van der Waals surface area contributed by atoms with Crippen LogP contribution < -0.4 is 0 Å². The van der Waals surface area contributed by atoms with Gasteiger partial charge in [0, 0.05) is 5.56 Å². The van der Waals surface area contributed by atoms with Crippen LogP contribution in [-0.4, -0.2) is 0 Å². The van der Waals surface area contributed by atoms with E-state index in [1.165, 1.54) is 13.8 Å². The monoisotopic (exact) mass is 218 g/mol. The standard InChI is InChI=1S/C10H6F4O/c1-3-4(2)15-10-5(3)6(11)7(12)8(13)9(10)14/h1-2H3. The van der Waals surface area contributed by atoms with Gasteiger partial charge in [0.2, 0.25) is 11.6 Å². The minimum atomic E-state index is -1.85. The maximum Gasteiger partial charge on any atom is 0.205 e. The molecule has 0 aliphatic rings. The molecule has 2 rings (SSSR count). The normalized spacial score (nSPS) is 11.3. The molecule has 0 spiro atoms. The Morgan fingerprint density at radius 2 is 1.33 bits per heavy atom. The summed E-state index contributed by atoms with van der Waals surface area (Å²) >= 11 is 0. The zero-order valence-electron chi connectivity index (χ0n) is 7.92. The maximum absolute atomic E-state index is 13.3. The third-order valence-electron chi connectivity index (χ3n) is 2.38. The van der Waals surface area contributed by atoms with Crippen LogP contribution in [0.25, 0.3) is 11.0 Å². The van der Waals surface area contributed by atoms with Crippen molar-refractivity contribution in [3.8, 4) is 0 Å². The van der Waals surface area contributed by atoms with Crippen LogP contribution in [0, 0.1) is 37.1 Å². The van der Waals surface area contributed by atoms with Crippen molar-refractivity contribution in [3.63, 3.8) is 0 Å². The Hall–Kier alpha value is -1.52. The predicted molar refractivity (Wildman–Crippen MR) is 45.5 cm³/mol. The molecule has 0 aliphatic carbocycles. The second-order valence-electron chi connectivity index (χ2n) is 3.24. The fraction of sp³-hybridized carbons (Fsp3) is 0.200. The predicted octanol–water partition coefficient (Wildman–Crippen LogP) is 3.61. The van der Waals surface area contributed by atoms with Crippen molar-refractivity contribution in [2.75, 3.05) is 0 Å². The molecule has 0 saturated carbocycles. The molecule has 0 bridgehead atoms. The molecule has 5 heteroatoms. The molecule has 0 amide bonds. The summed E-state index contributed by atoms with van der Waals surface area (Å²) in [6, 6.07) is 0. The van der Waals surface area contributed by atoms with Crippen molar-refractivity contribution in [3.05, 3.63) is 34.6 Å². The first-order valence-electron chi connectivity index (χ1n) is 4.16. The average molecular weight is 218 g/mol. The molecule has 0 fully saturated rings. The Balaban J connectivity index is 3.07. The number of furan rings is 1. The first-order chi connectivity index (χ1) is 6.95. The highest BCUT2D eigenvalue weighted by Gasteiger charge is 2.25. The van der Waals surface area contributed by atoms with Crippen molar-refractivity contribution < 1.29 is 22.0 Å². The van der Waals surface area contributed by atoms with E-state index < -0.39 is 28.9 Å². The molecule has 1 aromatic carbocycles. The molecule has 80 valence electrons. The van der Waals surface area contributed by atoms with Crippen LogP contribution in [0.1, 0.15) is 11.3 Å². The average Bonchev–Trinajstić information content (AvgIpc) is 2.50. The van der Waals surface area contributed by atoms with Crippen molar-refractivity contribution in [1.29, 1.82) is 0 Å². The minimum absolute atomic E-state index is 0.229. The van der Waals surface area contributed by atoms with Crippen LogP contribution in [0.3, 0.4) is 0 Å². The first kappa shape index (κ1) is 10.0. The molecule has 1 aromatic heterocycles. The van der Waals surface area contributed by atoms with Gasteiger partial charge in [0.15, 0.2) is 17.2 Å². The third kappa shape index (κ3) is 1.15. The molecule has 0 aliphatic heterocycles. The van der Waals surface area contributed by atoms with Crippen molar-refractivity contribution in [1.82, 2.24) is 0 Å². The second kappa shape index (κ2) is 2.98. The lowest BCUT2D eigenvalue weighted by molar-refractivity contribution is 0.409. The second-order valence-corrected chi connectivity index (χ2v) is 3.24. The summed E-state index contributed by atoms with van der Waals surface area (Å²) in [4.78, 5) is 0. The number of benzene rings is 1. The summed E-state index contributed by atoms with van der Waals surface area (Å²) in [7, 11) is 0. The van der Waals surface area contributed by atoms with Gasteiger partial charge in [-0.15, -0.1) is 0 Å². The Bertz CT molecular complexity index is 557. The molecule has 0 atom stereocenters. The van der Waals surface area contributed by atoms with E-state index in [-0.39, 0.29) is 16.7 Å². The first-order valence-corrected chi connectivity index (χ1v) is 4.16. The molecule has 0 unspecified atom stereocenters. The Labute approximate surface area is 82.3 Å². The summed E-state index contributed by atoms with van der Waals surface area (Å²) in [5, 5.41) is -0.344. The molecular weight excluding hydrogens is 212 g/mol. The lowest BCUT2D eigenvalue weighted by atomic mass is 10.1. The molecular formula is C10H6F4O. The van der Waals surface area contributed by atoms with Crippen LogP contribution in [0.5, 0.6) is 0 Å².